The molecule has 5 heteroatoms. The molecule has 0 aromatic carbocycles. The average Bonchev–Trinajstić information content (AvgIpc) is 2.23. The summed E-state index contributed by atoms with van der Waals surface area (Å²) in [5.74, 6) is 0.153. The fourth-order valence-corrected chi connectivity index (χ4v) is 2.89. The Labute approximate surface area is 130 Å². The number of carbonyl (C=O) groups is 1. The maximum absolute atomic E-state index is 12.0. The van der Waals surface area contributed by atoms with Crippen molar-refractivity contribution in [3.8, 4) is 0 Å². The first kappa shape index (κ1) is 19.7. The first-order valence-electron chi connectivity index (χ1n) is 7.29. The molecule has 4 nitrogen and oxygen atoms in total. The lowest BCUT2D eigenvalue weighted by Crippen LogP contribution is -2.47. The number of rotatable bonds is 5. The standard InChI is InChI=1S/C15H30N2O2.ClH/c1-14(2,3)12-15(4,5)16-13(18)6-7-17-8-10-19-11-9-17;/h6-12H2,1-5H3,(H,16,18);1H. The summed E-state index contributed by atoms with van der Waals surface area (Å²) in [6, 6.07) is 0. The average molecular weight is 307 g/mol. The van der Waals surface area contributed by atoms with Crippen molar-refractivity contribution >= 4 is 18.3 Å². The number of amides is 1. The summed E-state index contributed by atoms with van der Waals surface area (Å²) in [6.07, 6.45) is 1.55. The van der Waals surface area contributed by atoms with Gasteiger partial charge in [0, 0.05) is 31.6 Å². The van der Waals surface area contributed by atoms with Gasteiger partial charge >= 0.3 is 0 Å². The topological polar surface area (TPSA) is 41.6 Å². The van der Waals surface area contributed by atoms with E-state index in [0.29, 0.717) is 6.42 Å². The van der Waals surface area contributed by atoms with E-state index in [1.54, 1.807) is 0 Å². The molecular formula is C15H31ClN2O2. The van der Waals surface area contributed by atoms with Crippen molar-refractivity contribution in [1.82, 2.24) is 10.2 Å². The Morgan fingerprint density at radius 2 is 1.70 bits per heavy atom. The van der Waals surface area contributed by atoms with Gasteiger partial charge < -0.3 is 10.1 Å². The largest absolute Gasteiger partial charge is 0.379 e. The zero-order valence-electron chi connectivity index (χ0n) is 13.6. The molecule has 1 heterocycles. The van der Waals surface area contributed by atoms with E-state index in [1.807, 2.05) is 0 Å². The number of halogens is 1. The molecule has 1 rings (SSSR count). The van der Waals surface area contributed by atoms with E-state index in [2.05, 4.69) is 44.8 Å². The Morgan fingerprint density at radius 3 is 2.20 bits per heavy atom. The second kappa shape index (κ2) is 8.20. The van der Waals surface area contributed by atoms with E-state index < -0.39 is 0 Å². The lowest BCUT2D eigenvalue weighted by molar-refractivity contribution is -0.123. The molecule has 1 amide bonds. The van der Waals surface area contributed by atoms with Crippen LogP contribution in [0.4, 0.5) is 0 Å². The number of hydrogen-bond acceptors (Lipinski definition) is 3. The van der Waals surface area contributed by atoms with Crippen LogP contribution in [-0.2, 0) is 9.53 Å². The van der Waals surface area contributed by atoms with E-state index in [9.17, 15) is 4.79 Å². The fourth-order valence-electron chi connectivity index (χ4n) is 2.89. The summed E-state index contributed by atoms with van der Waals surface area (Å²) >= 11 is 0. The highest BCUT2D eigenvalue weighted by Gasteiger charge is 2.27. The monoisotopic (exact) mass is 306 g/mol. The summed E-state index contributed by atoms with van der Waals surface area (Å²) in [5, 5.41) is 3.16. The molecule has 0 radical (unpaired) electrons. The fraction of sp³-hybridized carbons (Fsp3) is 0.933. The van der Waals surface area contributed by atoms with Gasteiger partial charge in [-0.3, -0.25) is 9.69 Å². The predicted octanol–water partition coefficient (Wildman–Crippen LogP) is 2.46. The molecule has 20 heavy (non-hydrogen) atoms. The summed E-state index contributed by atoms with van der Waals surface area (Å²) in [5.41, 5.74) is 0.0847. The molecule has 1 N–H and O–H groups in total. The molecule has 0 saturated carbocycles. The van der Waals surface area contributed by atoms with Crippen LogP contribution in [-0.4, -0.2) is 49.2 Å². The minimum absolute atomic E-state index is 0. The van der Waals surface area contributed by atoms with Crippen LogP contribution in [0.15, 0.2) is 0 Å². The third-order valence-corrected chi connectivity index (χ3v) is 3.21. The highest BCUT2D eigenvalue weighted by atomic mass is 35.5. The van der Waals surface area contributed by atoms with Gasteiger partial charge in [0.25, 0.3) is 0 Å². The van der Waals surface area contributed by atoms with Crippen molar-refractivity contribution in [1.29, 1.82) is 0 Å². The van der Waals surface area contributed by atoms with Gasteiger partial charge in [-0.05, 0) is 25.7 Å². The number of morpholine rings is 1. The number of hydrogen-bond donors (Lipinski definition) is 1. The molecule has 0 aliphatic carbocycles. The molecule has 0 bridgehead atoms. The third-order valence-electron chi connectivity index (χ3n) is 3.21. The third kappa shape index (κ3) is 8.77. The van der Waals surface area contributed by atoms with Gasteiger partial charge in [0.1, 0.15) is 0 Å². The van der Waals surface area contributed by atoms with Crippen molar-refractivity contribution in [3.05, 3.63) is 0 Å². The number of ether oxygens (including phenoxy) is 1. The zero-order chi connectivity index (χ0) is 14.5. The Balaban J connectivity index is 0.00000361. The maximum atomic E-state index is 12.0. The molecule has 0 aromatic heterocycles. The van der Waals surface area contributed by atoms with Gasteiger partial charge in [0.2, 0.25) is 5.91 Å². The number of nitrogens with zero attached hydrogens (tertiary/aromatic N) is 1. The smallest absolute Gasteiger partial charge is 0.221 e. The van der Waals surface area contributed by atoms with Crippen molar-refractivity contribution in [2.24, 2.45) is 5.41 Å². The van der Waals surface area contributed by atoms with Crippen LogP contribution in [0.25, 0.3) is 0 Å². The highest BCUT2D eigenvalue weighted by Crippen LogP contribution is 2.26. The predicted molar refractivity (Wildman–Crippen MR) is 85.4 cm³/mol. The second-order valence-corrected chi connectivity index (χ2v) is 7.37. The van der Waals surface area contributed by atoms with Gasteiger partial charge in [-0.25, -0.2) is 0 Å². The Hall–Kier alpha value is -0.320. The molecule has 120 valence electrons. The Morgan fingerprint density at radius 1 is 1.15 bits per heavy atom. The number of carbonyl (C=O) groups excluding carboxylic acids is 1. The van der Waals surface area contributed by atoms with Crippen LogP contribution in [0.1, 0.15) is 47.5 Å². The normalized spacial score (nSPS) is 17.4. The van der Waals surface area contributed by atoms with Crippen LogP contribution in [0.5, 0.6) is 0 Å². The molecule has 0 aromatic rings. The van der Waals surface area contributed by atoms with Crippen LogP contribution in [0.3, 0.4) is 0 Å². The van der Waals surface area contributed by atoms with Crippen LogP contribution in [0.2, 0.25) is 0 Å². The van der Waals surface area contributed by atoms with E-state index in [4.69, 9.17) is 4.74 Å². The molecule has 1 fully saturated rings. The minimum Gasteiger partial charge on any atom is -0.379 e. The molecule has 1 saturated heterocycles. The molecule has 1 aliphatic heterocycles. The van der Waals surface area contributed by atoms with E-state index >= 15 is 0 Å². The first-order chi connectivity index (χ1) is 8.68. The van der Waals surface area contributed by atoms with Crippen molar-refractivity contribution < 1.29 is 9.53 Å². The molecular weight excluding hydrogens is 276 g/mol. The van der Waals surface area contributed by atoms with Gasteiger partial charge in [-0.1, -0.05) is 20.8 Å². The molecule has 0 spiro atoms. The van der Waals surface area contributed by atoms with Crippen molar-refractivity contribution in [3.63, 3.8) is 0 Å². The van der Waals surface area contributed by atoms with E-state index in [0.717, 1.165) is 39.3 Å². The number of nitrogens with one attached hydrogen (secondary N) is 1. The molecule has 1 aliphatic rings. The second-order valence-electron chi connectivity index (χ2n) is 7.37. The summed E-state index contributed by atoms with van der Waals surface area (Å²) in [4.78, 5) is 14.3. The Bertz CT molecular complexity index is 295. The van der Waals surface area contributed by atoms with Crippen LogP contribution < -0.4 is 5.32 Å². The van der Waals surface area contributed by atoms with Crippen LogP contribution >= 0.6 is 12.4 Å². The van der Waals surface area contributed by atoms with Gasteiger partial charge in [-0.2, -0.15) is 0 Å². The van der Waals surface area contributed by atoms with Gasteiger partial charge in [0.15, 0.2) is 0 Å². The summed E-state index contributed by atoms with van der Waals surface area (Å²) in [6.45, 7) is 15.1. The van der Waals surface area contributed by atoms with E-state index in [-0.39, 0.29) is 29.3 Å². The van der Waals surface area contributed by atoms with Crippen LogP contribution in [0, 0.1) is 5.41 Å². The highest BCUT2D eigenvalue weighted by molar-refractivity contribution is 5.85. The lowest BCUT2D eigenvalue weighted by atomic mass is 9.82. The van der Waals surface area contributed by atoms with Crippen molar-refractivity contribution in [2.45, 2.75) is 53.0 Å². The quantitative estimate of drug-likeness (QED) is 0.848. The SMILES string of the molecule is CC(C)(C)CC(C)(C)NC(=O)CCN1CCOCC1.Cl. The van der Waals surface area contributed by atoms with Crippen molar-refractivity contribution in [2.75, 3.05) is 32.8 Å². The molecule has 0 unspecified atom stereocenters. The summed E-state index contributed by atoms with van der Waals surface area (Å²) < 4.78 is 5.30. The van der Waals surface area contributed by atoms with E-state index in [1.165, 1.54) is 0 Å². The first-order valence-corrected chi connectivity index (χ1v) is 7.29. The van der Waals surface area contributed by atoms with Gasteiger partial charge in [-0.15, -0.1) is 12.4 Å². The van der Waals surface area contributed by atoms with Gasteiger partial charge in [0.05, 0.1) is 13.2 Å². The Kier molecular flexibility index (Phi) is 8.07. The lowest BCUT2D eigenvalue weighted by Gasteiger charge is -2.33. The summed E-state index contributed by atoms with van der Waals surface area (Å²) in [7, 11) is 0. The zero-order valence-corrected chi connectivity index (χ0v) is 14.4. The molecule has 0 atom stereocenters. The minimum atomic E-state index is -0.139. The maximum Gasteiger partial charge on any atom is 0.221 e.